The fourth-order valence-corrected chi connectivity index (χ4v) is 2.52. The first-order valence-corrected chi connectivity index (χ1v) is 9.07. The topological polar surface area (TPSA) is 96.5 Å². The Balaban J connectivity index is 1.86. The number of carbonyl (C=O) groups is 3. The van der Waals surface area contributed by atoms with Gasteiger partial charge < -0.3 is 10.1 Å². The van der Waals surface area contributed by atoms with E-state index >= 15 is 0 Å². The SMILES string of the molecule is CC(C)[C@H](NC(=O)OCc1ccccc1)C(=O)NNC(=O)c1cccc(Cl)c1. The van der Waals surface area contributed by atoms with Crippen LogP contribution in [0.3, 0.4) is 0 Å². The van der Waals surface area contributed by atoms with Gasteiger partial charge in [-0.2, -0.15) is 0 Å². The molecule has 0 bridgehead atoms. The molecule has 2 rings (SSSR count). The Labute approximate surface area is 168 Å². The Bertz CT molecular complexity index is 827. The van der Waals surface area contributed by atoms with Crippen LogP contribution in [-0.4, -0.2) is 23.9 Å². The molecule has 0 aromatic heterocycles. The van der Waals surface area contributed by atoms with Crippen molar-refractivity contribution in [1.82, 2.24) is 16.2 Å². The van der Waals surface area contributed by atoms with E-state index in [9.17, 15) is 14.4 Å². The minimum Gasteiger partial charge on any atom is -0.445 e. The van der Waals surface area contributed by atoms with Crippen LogP contribution in [0.15, 0.2) is 54.6 Å². The van der Waals surface area contributed by atoms with Gasteiger partial charge in [0.2, 0.25) is 0 Å². The number of alkyl carbamates (subject to hydrolysis) is 1. The number of amides is 3. The van der Waals surface area contributed by atoms with Crippen LogP contribution in [0.5, 0.6) is 0 Å². The molecule has 0 saturated heterocycles. The van der Waals surface area contributed by atoms with Gasteiger partial charge in [-0.1, -0.05) is 61.8 Å². The number of ether oxygens (including phenoxy) is 1. The number of nitrogens with one attached hydrogen (secondary N) is 3. The lowest BCUT2D eigenvalue weighted by Gasteiger charge is -2.21. The first-order valence-electron chi connectivity index (χ1n) is 8.70. The van der Waals surface area contributed by atoms with Gasteiger partial charge in [0, 0.05) is 10.6 Å². The number of carbonyl (C=O) groups excluding carboxylic acids is 3. The second kappa shape index (κ2) is 10.3. The molecule has 28 heavy (non-hydrogen) atoms. The summed E-state index contributed by atoms with van der Waals surface area (Å²) in [6.07, 6.45) is -0.723. The highest BCUT2D eigenvalue weighted by molar-refractivity contribution is 6.30. The van der Waals surface area contributed by atoms with Crippen molar-refractivity contribution in [1.29, 1.82) is 0 Å². The fraction of sp³-hybridized carbons (Fsp3) is 0.250. The van der Waals surface area contributed by atoms with E-state index in [0.29, 0.717) is 10.6 Å². The number of benzene rings is 2. The summed E-state index contributed by atoms with van der Waals surface area (Å²) < 4.78 is 5.13. The molecule has 0 fully saturated rings. The van der Waals surface area contributed by atoms with Gasteiger partial charge in [0.1, 0.15) is 12.6 Å². The molecule has 2 aromatic rings. The predicted molar refractivity (Wildman–Crippen MR) is 105 cm³/mol. The van der Waals surface area contributed by atoms with E-state index in [1.807, 2.05) is 30.3 Å². The molecule has 1 atom stereocenters. The Hall–Kier alpha value is -3.06. The van der Waals surface area contributed by atoms with E-state index in [0.717, 1.165) is 5.56 Å². The molecular weight excluding hydrogens is 382 g/mol. The second-order valence-corrected chi connectivity index (χ2v) is 6.82. The number of rotatable bonds is 6. The summed E-state index contributed by atoms with van der Waals surface area (Å²) in [7, 11) is 0. The standard InChI is InChI=1S/C20H22ClN3O4/c1-13(2)17(22-20(27)28-12-14-7-4-3-5-8-14)19(26)24-23-18(25)15-9-6-10-16(21)11-15/h3-11,13,17H,12H2,1-2H3,(H,22,27)(H,23,25)(H,24,26)/t17-/m0/s1. The van der Waals surface area contributed by atoms with Crippen molar-refractivity contribution in [3.8, 4) is 0 Å². The maximum Gasteiger partial charge on any atom is 0.408 e. The molecule has 0 aliphatic rings. The van der Waals surface area contributed by atoms with Crippen LogP contribution in [-0.2, 0) is 16.1 Å². The Morgan fingerprint density at radius 3 is 2.36 bits per heavy atom. The molecule has 148 valence electrons. The Morgan fingerprint density at radius 1 is 1.00 bits per heavy atom. The lowest BCUT2D eigenvalue weighted by atomic mass is 10.0. The van der Waals surface area contributed by atoms with Crippen LogP contribution >= 0.6 is 11.6 Å². The van der Waals surface area contributed by atoms with Crippen molar-refractivity contribution in [2.24, 2.45) is 5.92 Å². The third-order valence-corrected chi connectivity index (χ3v) is 4.06. The number of hydrazine groups is 1. The molecular formula is C20H22ClN3O4. The van der Waals surface area contributed by atoms with Gasteiger partial charge >= 0.3 is 6.09 Å². The summed E-state index contributed by atoms with van der Waals surface area (Å²) in [6, 6.07) is 14.6. The van der Waals surface area contributed by atoms with Gasteiger partial charge in [-0.25, -0.2) is 4.79 Å². The minimum atomic E-state index is -0.886. The second-order valence-electron chi connectivity index (χ2n) is 6.38. The molecule has 0 spiro atoms. The predicted octanol–water partition coefficient (Wildman–Crippen LogP) is 3.05. The highest BCUT2D eigenvalue weighted by atomic mass is 35.5. The Morgan fingerprint density at radius 2 is 1.71 bits per heavy atom. The van der Waals surface area contributed by atoms with Crippen LogP contribution in [0.2, 0.25) is 5.02 Å². The zero-order valence-corrected chi connectivity index (χ0v) is 16.3. The zero-order chi connectivity index (χ0) is 20.5. The van der Waals surface area contributed by atoms with E-state index in [1.54, 1.807) is 32.0 Å². The number of hydrogen-bond donors (Lipinski definition) is 3. The molecule has 3 N–H and O–H groups in total. The van der Waals surface area contributed by atoms with Gasteiger partial charge in [0.25, 0.3) is 11.8 Å². The molecule has 0 radical (unpaired) electrons. The van der Waals surface area contributed by atoms with Crippen molar-refractivity contribution in [3.05, 3.63) is 70.7 Å². The van der Waals surface area contributed by atoms with Crippen LogP contribution in [0, 0.1) is 5.92 Å². The minimum absolute atomic E-state index is 0.0879. The van der Waals surface area contributed by atoms with Crippen molar-refractivity contribution in [2.45, 2.75) is 26.5 Å². The molecule has 0 unspecified atom stereocenters. The van der Waals surface area contributed by atoms with E-state index < -0.39 is 23.9 Å². The molecule has 0 aliphatic heterocycles. The van der Waals surface area contributed by atoms with Crippen molar-refractivity contribution < 1.29 is 19.1 Å². The third-order valence-electron chi connectivity index (χ3n) is 3.82. The van der Waals surface area contributed by atoms with Gasteiger partial charge in [0.05, 0.1) is 0 Å². The summed E-state index contributed by atoms with van der Waals surface area (Å²) in [5, 5.41) is 2.92. The lowest BCUT2D eigenvalue weighted by molar-refractivity contribution is -0.124. The monoisotopic (exact) mass is 403 g/mol. The van der Waals surface area contributed by atoms with Crippen LogP contribution in [0.4, 0.5) is 4.79 Å². The Kier molecular flexibility index (Phi) is 7.83. The first-order chi connectivity index (χ1) is 13.4. The van der Waals surface area contributed by atoms with Crippen molar-refractivity contribution in [3.63, 3.8) is 0 Å². The van der Waals surface area contributed by atoms with E-state index in [4.69, 9.17) is 16.3 Å². The average molecular weight is 404 g/mol. The maximum absolute atomic E-state index is 12.4. The molecule has 0 heterocycles. The highest BCUT2D eigenvalue weighted by Gasteiger charge is 2.25. The fourth-order valence-electron chi connectivity index (χ4n) is 2.32. The third kappa shape index (κ3) is 6.59. The van der Waals surface area contributed by atoms with Crippen LogP contribution in [0.25, 0.3) is 0 Å². The number of hydrogen-bond acceptors (Lipinski definition) is 4. The quantitative estimate of drug-likeness (QED) is 0.646. The lowest BCUT2D eigenvalue weighted by Crippen LogP contribution is -2.54. The van der Waals surface area contributed by atoms with Crippen LogP contribution in [0.1, 0.15) is 29.8 Å². The largest absolute Gasteiger partial charge is 0.445 e. The van der Waals surface area contributed by atoms with Crippen molar-refractivity contribution >= 4 is 29.5 Å². The van der Waals surface area contributed by atoms with E-state index in [2.05, 4.69) is 16.2 Å². The highest BCUT2D eigenvalue weighted by Crippen LogP contribution is 2.10. The normalized spacial score (nSPS) is 11.4. The average Bonchev–Trinajstić information content (AvgIpc) is 2.69. The van der Waals surface area contributed by atoms with E-state index in [-0.39, 0.29) is 12.5 Å². The number of halogens is 1. The van der Waals surface area contributed by atoms with Gasteiger partial charge in [0.15, 0.2) is 0 Å². The summed E-state index contributed by atoms with van der Waals surface area (Å²) >= 11 is 5.85. The smallest absolute Gasteiger partial charge is 0.408 e. The summed E-state index contributed by atoms with van der Waals surface area (Å²) in [5.74, 6) is -1.32. The molecule has 7 nitrogen and oxygen atoms in total. The molecule has 8 heteroatoms. The zero-order valence-electron chi connectivity index (χ0n) is 15.6. The summed E-state index contributed by atoms with van der Waals surface area (Å²) in [5.41, 5.74) is 5.74. The molecule has 0 saturated carbocycles. The molecule has 0 aliphatic carbocycles. The van der Waals surface area contributed by atoms with Gasteiger partial charge in [-0.15, -0.1) is 0 Å². The van der Waals surface area contributed by atoms with Crippen LogP contribution < -0.4 is 16.2 Å². The maximum atomic E-state index is 12.4. The molecule has 2 aromatic carbocycles. The molecule has 3 amide bonds. The first kappa shape index (κ1) is 21.2. The summed E-state index contributed by atoms with van der Waals surface area (Å²) in [6.45, 7) is 3.62. The van der Waals surface area contributed by atoms with Gasteiger partial charge in [-0.05, 0) is 29.7 Å². The van der Waals surface area contributed by atoms with E-state index in [1.165, 1.54) is 6.07 Å². The van der Waals surface area contributed by atoms with Crippen molar-refractivity contribution in [2.75, 3.05) is 0 Å². The van der Waals surface area contributed by atoms with Gasteiger partial charge in [-0.3, -0.25) is 20.4 Å². The summed E-state index contributed by atoms with van der Waals surface area (Å²) in [4.78, 5) is 36.5.